The van der Waals surface area contributed by atoms with Gasteiger partial charge in [-0.25, -0.2) is 0 Å². The van der Waals surface area contributed by atoms with Crippen LogP contribution in [0.4, 0.5) is 0 Å². The van der Waals surface area contributed by atoms with Crippen LogP contribution in [0, 0.1) is 11.8 Å². The number of carbonyl (C=O) groups is 3. The van der Waals surface area contributed by atoms with Crippen molar-refractivity contribution >= 4 is 18.6 Å². The Kier molecular flexibility index (Phi) is 26.4. The minimum atomic E-state index is -0.115. The summed E-state index contributed by atoms with van der Waals surface area (Å²) in [5.41, 5.74) is 9.29. The highest BCUT2D eigenvalue weighted by Crippen LogP contribution is 2.23. The molecule has 290 valence electrons. The molecule has 1 atom stereocenters. The lowest BCUT2D eigenvalue weighted by molar-refractivity contribution is -0.123. The highest BCUT2D eigenvalue weighted by atomic mass is 16.4. The van der Waals surface area contributed by atoms with Crippen LogP contribution >= 0.6 is 0 Å². The van der Waals surface area contributed by atoms with Crippen molar-refractivity contribution in [3.63, 3.8) is 0 Å². The maximum Gasteiger partial charge on any atom is 0.224 e. The van der Waals surface area contributed by atoms with Gasteiger partial charge < -0.3 is 25.3 Å². The number of aliphatic hydroxyl groups excluding tert-OH is 1. The zero-order chi connectivity index (χ0) is 40.2. The topological polar surface area (TPSA) is 105 Å². The van der Waals surface area contributed by atoms with E-state index in [1.807, 2.05) is 51.8 Å². The second-order valence-electron chi connectivity index (χ2n) is 13.2. The van der Waals surface area contributed by atoms with Crippen LogP contribution < -0.4 is 10.6 Å². The van der Waals surface area contributed by atoms with Crippen molar-refractivity contribution in [1.82, 2.24) is 10.6 Å². The van der Waals surface area contributed by atoms with Gasteiger partial charge in [-0.1, -0.05) is 146 Å². The lowest BCUT2D eigenvalue weighted by Gasteiger charge is -2.18. The molecule has 7 nitrogen and oxygen atoms in total. The summed E-state index contributed by atoms with van der Waals surface area (Å²) in [6, 6.07) is 33.7. The molecule has 4 rings (SSSR count). The quantitative estimate of drug-likeness (QED) is 0.120. The van der Waals surface area contributed by atoms with Gasteiger partial charge in [0.15, 0.2) is 0 Å². The van der Waals surface area contributed by atoms with Crippen molar-refractivity contribution in [2.45, 2.75) is 86.6 Å². The Hall–Kier alpha value is -4.59. The monoisotopic (exact) mass is 726 g/mol. The fraction of sp³-hybridized carbons (Fsp3) is 0.413. The Bertz CT molecular complexity index is 1510. The van der Waals surface area contributed by atoms with E-state index >= 15 is 0 Å². The van der Waals surface area contributed by atoms with Gasteiger partial charge in [-0.05, 0) is 75.6 Å². The molecule has 53 heavy (non-hydrogen) atoms. The van der Waals surface area contributed by atoms with E-state index < -0.39 is 0 Å². The molecule has 4 aromatic rings. The van der Waals surface area contributed by atoms with Crippen molar-refractivity contribution < 1.29 is 24.2 Å². The van der Waals surface area contributed by atoms with E-state index in [0.29, 0.717) is 31.2 Å². The largest absolute Gasteiger partial charge is 0.400 e. The second kappa shape index (κ2) is 28.9. The summed E-state index contributed by atoms with van der Waals surface area (Å²) >= 11 is 0. The number of aliphatic hydroxyl groups is 1. The Labute approximate surface area is 320 Å². The number of ether oxygens (including phenoxy) is 1. The first kappa shape index (κ1) is 48.4. The third-order valence-electron chi connectivity index (χ3n) is 7.90. The molecule has 4 aromatic carbocycles. The number of amides is 2. The summed E-state index contributed by atoms with van der Waals surface area (Å²) in [6.45, 7) is 17.4. The molecular weight excluding hydrogens is 661 g/mol. The standard InChI is InChI=1S/C40H48N2O2.C2H6O.C2H6.CH4O.CH2O/c1-6-38(42-40(44)26-33-13-21-37(22-14-33)35-17-9-31(10-18-35)24-29(4)5)27-41-39(43)25-32-11-19-36(20-12-32)34-15-7-30(8-16-34)23-28(2)3;1-3-2;3*1-2/h7-22,28-29,38H,6,23-27H2,1-5H3,(H,41,43)(H,42,44);1-2H3;1-2H3;2H,1H3;1H2. The van der Waals surface area contributed by atoms with Crippen LogP contribution in [0.25, 0.3) is 22.3 Å². The summed E-state index contributed by atoms with van der Waals surface area (Å²) in [6.07, 6.45) is 3.52. The zero-order valence-corrected chi connectivity index (χ0v) is 34.0. The van der Waals surface area contributed by atoms with Crippen LogP contribution in [0.5, 0.6) is 0 Å². The third kappa shape index (κ3) is 19.7. The van der Waals surface area contributed by atoms with Gasteiger partial charge in [-0.3, -0.25) is 9.59 Å². The molecule has 0 saturated heterocycles. The number of rotatable bonds is 14. The smallest absolute Gasteiger partial charge is 0.224 e. The van der Waals surface area contributed by atoms with Crippen LogP contribution in [-0.4, -0.2) is 57.6 Å². The predicted octanol–water partition coefficient (Wildman–Crippen LogP) is 8.93. The number of nitrogens with one attached hydrogen (secondary N) is 2. The molecule has 0 saturated carbocycles. The van der Waals surface area contributed by atoms with Crippen molar-refractivity contribution in [1.29, 1.82) is 0 Å². The highest BCUT2D eigenvalue weighted by molar-refractivity contribution is 5.80. The average Bonchev–Trinajstić information content (AvgIpc) is 3.17. The molecule has 7 heteroatoms. The molecule has 0 aliphatic carbocycles. The van der Waals surface area contributed by atoms with Crippen LogP contribution in [-0.2, 0) is 44.8 Å². The minimum Gasteiger partial charge on any atom is -0.400 e. The molecule has 0 fully saturated rings. The highest BCUT2D eigenvalue weighted by Gasteiger charge is 2.13. The van der Waals surface area contributed by atoms with Crippen LogP contribution in [0.2, 0.25) is 0 Å². The zero-order valence-electron chi connectivity index (χ0n) is 34.0. The van der Waals surface area contributed by atoms with Crippen LogP contribution in [0.15, 0.2) is 97.1 Å². The molecule has 1 unspecified atom stereocenters. The van der Waals surface area contributed by atoms with Gasteiger partial charge in [0.05, 0.1) is 12.8 Å². The van der Waals surface area contributed by atoms with Crippen molar-refractivity contribution in [3.05, 3.63) is 119 Å². The maximum atomic E-state index is 12.8. The van der Waals surface area contributed by atoms with Gasteiger partial charge in [0, 0.05) is 33.9 Å². The number of carbonyl (C=O) groups excluding carboxylic acids is 3. The Morgan fingerprint density at radius 3 is 1.15 bits per heavy atom. The first-order valence-corrected chi connectivity index (χ1v) is 18.7. The second-order valence-corrected chi connectivity index (χ2v) is 13.2. The molecule has 0 heterocycles. The molecule has 0 aliphatic rings. The maximum absolute atomic E-state index is 12.8. The molecule has 0 aliphatic heterocycles. The van der Waals surface area contributed by atoms with Gasteiger partial charge in [0.1, 0.15) is 6.79 Å². The Balaban J connectivity index is 0.00000277. The van der Waals surface area contributed by atoms with E-state index in [1.165, 1.54) is 22.3 Å². The average molecular weight is 727 g/mol. The van der Waals surface area contributed by atoms with Crippen LogP contribution in [0.3, 0.4) is 0 Å². The van der Waals surface area contributed by atoms with Gasteiger partial charge in [0.25, 0.3) is 0 Å². The fourth-order valence-corrected chi connectivity index (χ4v) is 5.49. The number of methoxy groups -OCH3 is 1. The number of hydrogen-bond acceptors (Lipinski definition) is 5. The molecule has 3 N–H and O–H groups in total. The van der Waals surface area contributed by atoms with Crippen molar-refractivity contribution in [2.75, 3.05) is 27.9 Å². The third-order valence-corrected chi connectivity index (χ3v) is 7.90. The Morgan fingerprint density at radius 2 is 0.868 bits per heavy atom. The normalized spacial score (nSPS) is 10.5. The first-order valence-electron chi connectivity index (χ1n) is 18.7. The van der Waals surface area contributed by atoms with E-state index in [2.05, 4.69) is 116 Å². The fourth-order valence-electron chi connectivity index (χ4n) is 5.49. The minimum absolute atomic E-state index is 0.0373. The summed E-state index contributed by atoms with van der Waals surface area (Å²) in [4.78, 5) is 33.5. The SMILES string of the molecule is C=O.CC.CCC(CNC(=O)Cc1ccc(-c2ccc(CC(C)C)cc2)cc1)NC(=O)Cc1ccc(-c2ccc(CC(C)C)cc2)cc1.CO.COC. The lowest BCUT2D eigenvalue weighted by atomic mass is 9.98. The van der Waals surface area contributed by atoms with Gasteiger partial charge in [-0.2, -0.15) is 0 Å². The van der Waals surface area contributed by atoms with Crippen LogP contribution in [0.1, 0.15) is 77.1 Å². The molecule has 0 bridgehead atoms. The molecule has 0 radical (unpaired) electrons. The molecular formula is C46H66N2O5. The van der Waals surface area contributed by atoms with E-state index in [0.717, 1.165) is 48.6 Å². The van der Waals surface area contributed by atoms with Gasteiger partial charge in [-0.15, -0.1) is 0 Å². The summed E-state index contributed by atoms with van der Waals surface area (Å²) in [7, 11) is 4.25. The van der Waals surface area contributed by atoms with E-state index in [-0.39, 0.29) is 17.9 Å². The molecule has 0 aromatic heterocycles. The predicted molar refractivity (Wildman–Crippen MR) is 223 cm³/mol. The van der Waals surface area contributed by atoms with Crippen molar-refractivity contribution in [3.8, 4) is 22.3 Å². The van der Waals surface area contributed by atoms with Crippen molar-refractivity contribution in [2.24, 2.45) is 11.8 Å². The van der Waals surface area contributed by atoms with Gasteiger partial charge in [0.2, 0.25) is 11.8 Å². The van der Waals surface area contributed by atoms with E-state index in [9.17, 15) is 9.59 Å². The number of hydrogen-bond donors (Lipinski definition) is 3. The Morgan fingerprint density at radius 1 is 0.585 bits per heavy atom. The number of benzene rings is 4. The lowest BCUT2D eigenvalue weighted by Crippen LogP contribution is -2.44. The molecule has 0 spiro atoms. The van der Waals surface area contributed by atoms with E-state index in [1.54, 1.807) is 14.2 Å². The first-order chi connectivity index (χ1) is 25.6. The van der Waals surface area contributed by atoms with Gasteiger partial charge >= 0.3 is 0 Å². The summed E-state index contributed by atoms with van der Waals surface area (Å²) in [5.74, 6) is 1.20. The summed E-state index contributed by atoms with van der Waals surface area (Å²) < 4.78 is 4.25. The summed E-state index contributed by atoms with van der Waals surface area (Å²) in [5, 5.41) is 13.1. The van der Waals surface area contributed by atoms with E-state index in [4.69, 9.17) is 9.90 Å². The molecule has 2 amide bonds.